The first-order chi connectivity index (χ1) is 5.66. The number of aromatic nitrogens is 1. The Morgan fingerprint density at radius 2 is 2.33 bits per heavy atom. The quantitative estimate of drug-likeness (QED) is 0.615. The summed E-state index contributed by atoms with van der Waals surface area (Å²) in [4.78, 5) is 13.4. The minimum absolute atomic E-state index is 0.174. The third-order valence-corrected chi connectivity index (χ3v) is 2.02. The molecule has 1 rings (SSSR count). The molecule has 0 atom stereocenters. The van der Waals surface area contributed by atoms with Crippen LogP contribution in [0.25, 0.3) is 0 Å². The number of pyridine rings is 1. The van der Waals surface area contributed by atoms with Crippen LogP contribution < -0.4 is 0 Å². The van der Waals surface area contributed by atoms with E-state index in [1.165, 1.54) is 6.20 Å². The maximum absolute atomic E-state index is 10.4. The van der Waals surface area contributed by atoms with Crippen LogP contribution in [-0.4, -0.2) is 15.0 Å². The normalized spacial score (nSPS) is 9.83. The fourth-order valence-electron chi connectivity index (χ4n) is 0.765. The summed E-state index contributed by atoms with van der Waals surface area (Å²) >= 11 is 3.05. The Balaban J connectivity index is 3.27. The third kappa shape index (κ3) is 1.59. The smallest absolute Gasteiger partial charge is 0.294 e. The van der Waals surface area contributed by atoms with Crippen molar-refractivity contribution >= 4 is 21.6 Å². The highest BCUT2D eigenvalue weighted by Gasteiger charge is 2.15. The lowest BCUT2D eigenvalue weighted by atomic mass is 10.2. The van der Waals surface area contributed by atoms with Crippen molar-refractivity contribution in [1.29, 1.82) is 0 Å². The SMILES string of the molecule is O=[N+]([O-])c1cncc(Br)c1CO. The molecule has 0 bridgehead atoms. The van der Waals surface area contributed by atoms with Crippen LogP contribution in [-0.2, 0) is 6.61 Å². The molecule has 0 aliphatic heterocycles. The fourth-order valence-corrected chi connectivity index (χ4v) is 1.21. The molecule has 0 fully saturated rings. The van der Waals surface area contributed by atoms with Gasteiger partial charge in [-0.15, -0.1) is 0 Å². The van der Waals surface area contributed by atoms with Gasteiger partial charge in [0.2, 0.25) is 0 Å². The molecule has 0 aliphatic rings. The van der Waals surface area contributed by atoms with E-state index in [1.54, 1.807) is 0 Å². The Morgan fingerprint density at radius 1 is 1.67 bits per heavy atom. The molecule has 1 aromatic heterocycles. The van der Waals surface area contributed by atoms with Crippen LogP contribution in [0, 0.1) is 10.1 Å². The molecule has 0 unspecified atom stereocenters. The van der Waals surface area contributed by atoms with Gasteiger partial charge in [-0.3, -0.25) is 15.1 Å². The first-order valence-corrected chi connectivity index (χ1v) is 3.83. The summed E-state index contributed by atoms with van der Waals surface area (Å²) in [5, 5.41) is 19.2. The first-order valence-electron chi connectivity index (χ1n) is 3.04. The predicted molar refractivity (Wildman–Crippen MR) is 44.5 cm³/mol. The Labute approximate surface area is 76.3 Å². The lowest BCUT2D eigenvalue weighted by Gasteiger charge is -1.99. The Morgan fingerprint density at radius 3 is 2.75 bits per heavy atom. The van der Waals surface area contributed by atoms with Crippen molar-refractivity contribution in [3.63, 3.8) is 0 Å². The second kappa shape index (κ2) is 3.59. The van der Waals surface area contributed by atoms with Crippen molar-refractivity contribution in [2.75, 3.05) is 0 Å². The summed E-state index contributed by atoms with van der Waals surface area (Å²) in [5.41, 5.74) is 0.0712. The minimum Gasteiger partial charge on any atom is -0.391 e. The monoisotopic (exact) mass is 232 g/mol. The largest absolute Gasteiger partial charge is 0.391 e. The van der Waals surface area contributed by atoms with Gasteiger partial charge in [-0.2, -0.15) is 0 Å². The second-order valence-corrected chi connectivity index (χ2v) is 2.89. The van der Waals surface area contributed by atoms with Gasteiger partial charge in [0.1, 0.15) is 6.20 Å². The number of hydrogen-bond donors (Lipinski definition) is 1. The number of aliphatic hydroxyl groups excluding tert-OH is 1. The number of aliphatic hydroxyl groups is 1. The first kappa shape index (κ1) is 9.08. The van der Waals surface area contributed by atoms with E-state index in [0.29, 0.717) is 4.47 Å². The van der Waals surface area contributed by atoms with Gasteiger partial charge in [-0.1, -0.05) is 0 Å². The van der Waals surface area contributed by atoms with Crippen molar-refractivity contribution in [3.8, 4) is 0 Å². The van der Waals surface area contributed by atoms with Gasteiger partial charge in [0, 0.05) is 10.7 Å². The van der Waals surface area contributed by atoms with Gasteiger partial charge < -0.3 is 5.11 Å². The summed E-state index contributed by atoms with van der Waals surface area (Å²) in [6.45, 7) is -0.376. The van der Waals surface area contributed by atoms with Gasteiger partial charge in [0.05, 0.1) is 17.1 Å². The van der Waals surface area contributed by atoms with Crippen molar-refractivity contribution < 1.29 is 10.0 Å². The van der Waals surface area contributed by atoms with Crippen LogP contribution in [0.3, 0.4) is 0 Å². The Hall–Kier alpha value is -1.01. The van der Waals surface area contributed by atoms with Crippen LogP contribution in [0.1, 0.15) is 5.56 Å². The molecule has 0 saturated carbocycles. The van der Waals surface area contributed by atoms with Gasteiger partial charge >= 0.3 is 0 Å². The molecule has 6 heteroatoms. The average molecular weight is 233 g/mol. The van der Waals surface area contributed by atoms with E-state index in [0.717, 1.165) is 6.20 Å². The molecule has 0 spiro atoms. The third-order valence-electron chi connectivity index (χ3n) is 1.34. The summed E-state index contributed by atoms with van der Waals surface area (Å²) in [7, 11) is 0. The van der Waals surface area contributed by atoms with E-state index in [-0.39, 0.29) is 17.9 Å². The van der Waals surface area contributed by atoms with Gasteiger partial charge in [0.15, 0.2) is 0 Å². The Kier molecular flexibility index (Phi) is 2.72. The molecule has 0 aromatic carbocycles. The van der Waals surface area contributed by atoms with E-state index < -0.39 is 4.92 Å². The second-order valence-electron chi connectivity index (χ2n) is 2.03. The molecule has 0 saturated heterocycles. The maximum Gasteiger partial charge on any atom is 0.294 e. The summed E-state index contributed by atoms with van der Waals surface area (Å²) in [6, 6.07) is 0. The van der Waals surface area contributed by atoms with Crippen LogP contribution >= 0.6 is 15.9 Å². The van der Waals surface area contributed by atoms with E-state index in [9.17, 15) is 10.1 Å². The van der Waals surface area contributed by atoms with E-state index in [2.05, 4.69) is 20.9 Å². The van der Waals surface area contributed by atoms with E-state index in [4.69, 9.17) is 5.11 Å². The lowest BCUT2D eigenvalue weighted by molar-refractivity contribution is -0.386. The zero-order chi connectivity index (χ0) is 9.14. The van der Waals surface area contributed by atoms with Crippen molar-refractivity contribution in [1.82, 2.24) is 4.98 Å². The standard InChI is InChI=1S/C6H5BrN2O3/c7-5-1-8-2-6(9(11)12)4(5)3-10/h1-2,10H,3H2. The molecule has 1 aromatic rings. The van der Waals surface area contributed by atoms with Crippen LogP contribution in [0.15, 0.2) is 16.9 Å². The maximum atomic E-state index is 10.4. The fraction of sp³-hybridized carbons (Fsp3) is 0.167. The molecule has 0 aliphatic carbocycles. The molecule has 64 valence electrons. The van der Waals surface area contributed by atoms with Crippen LogP contribution in [0.5, 0.6) is 0 Å². The van der Waals surface area contributed by atoms with Crippen LogP contribution in [0.2, 0.25) is 0 Å². The average Bonchev–Trinajstić information content (AvgIpc) is 2.03. The van der Waals surface area contributed by atoms with Crippen molar-refractivity contribution in [2.24, 2.45) is 0 Å². The number of rotatable bonds is 2. The molecular weight excluding hydrogens is 228 g/mol. The van der Waals surface area contributed by atoms with Crippen molar-refractivity contribution in [2.45, 2.75) is 6.61 Å². The molecule has 1 N–H and O–H groups in total. The minimum atomic E-state index is -0.580. The van der Waals surface area contributed by atoms with Gasteiger partial charge in [-0.05, 0) is 15.9 Å². The highest BCUT2D eigenvalue weighted by atomic mass is 79.9. The molecule has 12 heavy (non-hydrogen) atoms. The molecule has 1 heterocycles. The molecule has 5 nitrogen and oxygen atoms in total. The van der Waals surface area contributed by atoms with E-state index in [1.807, 2.05) is 0 Å². The summed E-state index contributed by atoms with van der Waals surface area (Å²) in [5.74, 6) is 0. The number of nitro groups is 1. The summed E-state index contributed by atoms with van der Waals surface area (Å²) < 4.78 is 0.444. The highest BCUT2D eigenvalue weighted by molar-refractivity contribution is 9.10. The topological polar surface area (TPSA) is 76.3 Å². The molecule has 0 amide bonds. The summed E-state index contributed by atoms with van der Waals surface area (Å²) in [6.07, 6.45) is 2.51. The van der Waals surface area contributed by atoms with Gasteiger partial charge in [-0.25, -0.2) is 0 Å². The highest BCUT2D eigenvalue weighted by Crippen LogP contribution is 2.24. The number of hydrogen-bond acceptors (Lipinski definition) is 4. The number of nitrogens with zero attached hydrogens (tertiary/aromatic N) is 2. The van der Waals surface area contributed by atoms with Crippen LogP contribution in [0.4, 0.5) is 5.69 Å². The van der Waals surface area contributed by atoms with Gasteiger partial charge in [0.25, 0.3) is 5.69 Å². The predicted octanol–water partition coefficient (Wildman–Crippen LogP) is 1.24. The molecular formula is C6H5BrN2O3. The molecule has 0 radical (unpaired) electrons. The zero-order valence-corrected chi connectivity index (χ0v) is 7.48. The van der Waals surface area contributed by atoms with Crippen molar-refractivity contribution in [3.05, 3.63) is 32.5 Å². The lowest BCUT2D eigenvalue weighted by Crippen LogP contribution is -1.97. The Bertz CT molecular complexity index is 316. The zero-order valence-electron chi connectivity index (χ0n) is 5.90. The van der Waals surface area contributed by atoms with E-state index >= 15 is 0 Å². The number of halogens is 1.